The molecule has 2 atom stereocenters. The highest BCUT2D eigenvalue weighted by Gasteiger charge is 2.41. The van der Waals surface area contributed by atoms with Crippen molar-refractivity contribution in [3.63, 3.8) is 0 Å². The van der Waals surface area contributed by atoms with E-state index in [1.54, 1.807) is 6.08 Å². The zero-order chi connectivity index (χ0) is 11.6. The average Bonchev–Trinajstić information content (AvgIpc) is 2.67. The van der Waals surface area contributed by atoms with Crippen molar-refractivity contribution in [3.8, 4) is 0 Å². The van der Waals surface area contributed by atoms with E-state index in [9.17, 15) is 4.79 Å². The largest absolute Gasteiger partial charge is 0.481 e. The molecule has 1 aliphatic heterocycles. The van der Waals surface area contributed by atoms with Gasteiger partial charge >= 0.3 is 5.97 Å². The maximum Gasteiger partial charge on any atom is 0.310 e. The highest BCUT2D eigenvalue weighted by molar-refractivity contribution is 5.72. The van der Waals surface area contributed by atoms with Crippen LogP contribution >= 0.6 is 0 Å². The first-order chi connectivity index (χ1) is 7.67. The highest BCUT2D eigenvalue weighted by atomic mass is 16.4. The van der Waals surface area contributed by atoms with Gasteiger partial charge in [0, 0.05) is 5.54 Å². The Balaban J connectivity index is 2.05. The van der Waals surface area contributed by atoms with Gasteiger partial charge in [-0.2, -0.15) is 0 Å². The topological polar surface area (TPSA) is 49.3 Å². The monoisotopic (exact) mass is 223 g/mol. The van der Waals surface area contributed by atoms with Crippen LogP contribution in [0.1, 0.15) is 38.5 Å². The molecule has 0 amide bonds. The number of carboxylic acid groups (broad SMARTS) is 1. The zero-order valence-corrected chi connectivity index (χ0v) is 9.74. The lowest BCUT2D eigenvalue weighted by molar-refractivity contribution is -0.142. The SMILES string of the molecule is C=CC(C(=O)O)C1CCNC2(CCCC2)C1. The second-order valence-electron chi connectivity index (χ2n) is 5.27. The molecule has 3 heteroatoms. The summed E-state index contributed by atoms with van der Waals surface area (Å²) in [5, 5.41) is 12.8. The van der Waals surface area contributed by atoms with Crippen LogP contribution in [-0.4, -0.2) is 23.2 Å². The molecule has 1 spiro atoms. The molecule has 1 saturated carbocycles. The van der Waals surface area contributed by atoms with Gasteiger partial charge in [0.15, 0.2) is 0 Å². The molecule has 90 valence electrons. The van der Waals surface area contributed by atoms with Crippen LogP contribution in [0.3, 0.4) is 0 Å². The van der Waals surface area contributed by atoms with E-state index < -0.39 is 5.97 Å². The molecular formula is C13H21NO2. The summed E-state index contributed by atoms with van der Waals surface area (Å²) in [6.07, 6.45) is 8.58. The van der Waals surface area contributed by atoms with Crippen LogP contribution in [-0.2, 0) is 4.79 Å². The van der Waals surface area contributed by atoms with Gasteiger partial charge in [0.2, 0.25) is 0 Å². The number of carbonyl (C=O) groups is 1. The Bertz CT molecular complexity index is 282. The van der Waals surface area contributed by atoms with Gasteiger partial charge in [0.25, 0.3) is 0 Å². The molecule has 0 radical (unpaired) electrons. The molecule has 2 fully saturated rings. The molecule has 2 unspecified atom stereocenters. The van der Waals surface area contributed by atoms with Gasteiger partial charge in [0.05, 0.1) is 5.92 Å². The van der Waals surface area contributed by atoms with Gasteiger partial charge in [-0.05, 0) is 38.1 Å². The minimum atomic E-state index is -0.713. The summed E-state index contributed by atoms with van der Waals surface area (Å²) in [5.41, 5.74) is 0.250. The summed E-state index contributed by atoms with van der Waals surface area (Å²) in [4.78, 5) is 11.1. The summed E-state index contributed by atoms with van der Waals surface area (Å²) >= 11 is 0. The summed E-state index contributed by atoms with van der Waals surface area (Å²) in [6, 6.07) is 0. The van der Waals surface area contributed by atoms with E-state index in [1.807, 2.05) is 0 Å². The van der Waals surface area contributed by atoms with E-state index in [0.717, 1.165) is 19.4 Å². The second-order valence-corrected chi connectivity index (χ2v) is 5.27. The van der Waals surface area contributed by atoms with Crippen LogP contribution < -0.4 is 5.32 Å². The first-order valence-electron chi connectivity index (χ1n) is 6.27. The normalized spacial score (nSPS) is 30.1. The third-order valence-electron chi connectivity index (χ3n) is 4.28. The van der Waals surface area contributed by atoms with Crippen molar-refractivity contribution in [1.82, 2.24) is 5.32 Å². The van der Waals surface area contributed by atoms with Crippen LogP contribution in [0.15, 0.2) is 12.7 Å². The van der Waals surface area contributed by atoms with Crippen LogP contribution in [0, 0.1) is 11.8 Å². The molecule has 2 N–H and O–H groups in total. The van der Waals surface area contributed by atoms with Gasteiger partial charge in [-0.3, -0.25) is 4.79 Å². The fourth-order valence-corrected chi connectivity index (χ4v) is 3.43. The molecule has 0 bridgehead atoms. The van der Waals surface area contributed by atoms with Crippen molar-refractivity contribution in [1.29, 1.82) is 0 Å². The highest BCUT2D eigenvalue weighted by Crippen LogP contribution is 2.40. The van der Waals surface area contributed by atoms with Crippen molar-refractivity contribution in [2.45, 2.75) is 44.1 Å². The van der Waals surface area contributed by atoms with Gasteiger partial charge in [-0.25, -0.2) is 0 Å². The van der Waals surface area contributed by atoms with Crippen LogP contribution in [0.2, 0.25) is 0 Å². The molecule has 16 heavy (non-hydrogen) atoms. The lowest BCUT2D eigenvalue weighted by Crippen LogP contribution is -2.50. The molecule has 2 rings (SSSR count). The first kappa shape index (κ1) is 11.6. The zero-order valence-electron chi connectivity index (χ0n) is 9.74. The Labute approximate surface area is 96.9 Å². The molecule has 2 aliphatic rings. The van der Waals surface area contributed by atoms with Crippen molar-refractivity contribution in [2.24, 2.45) is 11.8 Å². The van der Waals surface area contributed by atoms with E-state index in [0.29, 0.717) is 0 Å². The average molecular weight is 223 g/mol. The second kappa shape index (κ2) is 4.58. The van der Waals surface area contributed by atoms with E-state index in [4.69, 9.17) is 5.11 Å². The summed E-state index contributed by atoms with van der Waals surface area (Å²) in [6.45, 7) is 4.63. The summed E-state index contributed by atoms with van der Waals surface area (Å²) in [7, 11) is 0. The van der Waals surface area contributed by atoms with Crippen molar-refractivity contribution >= 4 is 5.97 Å². The van der Waals surface area contributed by atoms with Crippen LogP contribution in [0.5, 0.6) is 0 Å². The summed E-state index contributed by atoms with van der Waals surface area (Å²) in [5.74, 6) is -0.802. The minimum absolute atomic E-state index is 0.250. The third-order valence-corrected chi connectivity index (χ3v) is 4.28. The standard InChI is InChI=1S/C13H21NO2/c1-2-11(12(15)16)10-5-8-14-13(9-10)6-3-4-7-13/h2,10-11,14H,1,3-9H2,(H,15,16). The molecule has 0 aromatic heterocycles. The number of rotatable bonds is 3. The first-order valence-corrected chi connectivity index (χ1v) is 6.27. The fraction of sp³-hybridized carbons (Fsp3) is 0.769. The number of piperidine rings is 1. The Kier molecular flexibility index (Phi) is 3.33. The van der Waals surface area contributed by atoms with Gasteiger partial charge in [0.1, 0.15) is 0 Å². The molecule has 1 aliphatic carbocycles. The number of hydrogen-bond acceptors (Lipinski definition) is 2. The molecule has 3 nitrogen and oxygen atoms in total. The van der Waals surface area contributed by atoms with Crippen molar-refractivity contribution in [2.75, 3.05) is 6.54 Å². The molecule has 0 aromatic rings. The molecular weight excluding hydrogens is 202 g/mol. The van der Waals surface area contributed by atoms with E-state index >= 15 is 0 Å². The Morgan fingerprint density at radius 3 is 2.75 bits per heavy atom. The van der Waals surface area contributed by atoms with Gasteiger partial charge < -0.3 is 10.4 Å². The van der Waals surface area contributed by atoms with Crippen LogP contribution in [0.25, 0.3) is 0 Å². The number of carboxylic acids is 1. The molecule has 1 heterocycles. The Morgan fingerprint density at radius 1 is 1.50 bits per heavy atom. The van der Waals surface area contributed by atoms with E-state index in [1.165, 1.54) is 25.7 Å². The van der Waals surface area contributed by atoms with E-state index in [2.05, 4.69) is 11.9 Å². The Hall–Kier alpha value is -0.830. The smallest absolute Gasteiger partial charge is 0.310 e. The number of nitrogens with one attached hydrogen (secondary N) is 1. The predicted octanol–water partition coefficient (Wildman–Crippen LogP) is 2.19. The third kappa shape index (κ3) is 2.14. The van der Waals surface area contributed by atoms with Crippen LogP contribution in [0.4, 0.5) is 0 Å². The molecule has 1 saturated heterocycles. The minimum Gasteiger partial charge on any atom is -0.481 e. The fourth-order valence-electron chi connectivity index (χ4n) is 3.43. The van der Waals surface area contributed by atoms with Gasteiger partial charge in [-0.15, -0.1) is 6.58 Å². The lowest BCUT2D eigenvalue weighted by Gasteiger charge is -2.40. The number of aliphatic carboxylic acids is 1. The van der Waals surface area contributed by atoms with Gasteiger partial charge in [-0.1, -0.05) is 18.9 Å². The van der Waals surface area contributed by atoms with Crippen molar-refractivity contribution in [3.05, 3.63) is 12.7 Å². The van der Waals surface area contributed by atoms with Crippen molar-refractivity contribution < 1.29 is 9.90 Å². The summed E-state index contributed by atoms with van der Waals surface area (Å²) < 4.78 is 0. The van der Waals surface area contributed by atoms with E-state index in [-0.39, 0.29) is 17.4 Å². The Morgan fingerprint density at radius 2 is 2.19 bits per heavy atom. The quantitative estimate of drug-likeness (QED) is 0.721. The maximum absolute atomic E-state index is 11.1. The maximum atomic E-state index is 11.1. The lowest BCUT2D eigenvalue weighted by atomic mass is 9.75. The predicted molar refractivity (Wildman–Crippen MR) is 63.2 cm³/mol. The molecule has 0 aromatic carbocycles. The number of hydrogen-bond donors (Lipinski definition) is 2.